The van der Waals surface area contributed by atoms with Crippen molar-refractivity contribution in [2.45, 2.75) is 9.79 Å². The van der Waals surface area contributed by atoms with Crippen LogP contribution in [0, 0.1) is 0 Å². The number of phenolic OH excluding ortho intramolecular Hbond substituents is 2. The second kappa shape index (κ2) is 6.42. The minimum atomic E-state index is 0.278. The minimum absolute atomic E-state index is 0.278. The van der Waals surface area contributed by atoms with Gasteiger partial charge in [0, 0.05) is 0 Å². The molecule has 2 aromatic rings. The van der Waals surface area contributed by atoms with Crippen molar-refractivity contribution in [1.82, 2.24) is 0 Å². The van der Waals surface area contributed by atoms with E-state index < -0.39 is 0 Å². The Balaban J connectivity index is 1.94. The van der Waals surface area contributed by atoms with Crippen LogP contribution in [0.5, 0.6) is 11.5 Å². The van der Waals surface area contributed by atoms with E-state index in [0.29, 0.717) is 0 Å². The molecule has 0 spiro atoms. The molecule has 0 saturated heterocycles. The van der Waals surface area contributed by atoms with Crippen molar-refractivity contribution in [2.75, 3.05) is 0 Å². The smallest absolute Gasteiger partial charge is 0.129 e. The van der Waals surface area contributed by atoms with E-state index >= 15 is 0 Å². The zero-order valence-electron chi connectivity index (χ0n) is 9.48. The number of hydrogen-bond acceptors (Lipinski definition) is 4. The number of thioether (sulfide) groups is 2. The van der Waals surface area contributed by atoms with Crippen molar-refractivity contribution in [3.63, 3.8) is 0 Å². The molecule has 0 heterocycles. The molecule has 0 saturated carbocycles. The number of rotatable bonds is 4. The van der Waals surface area contributed by atoms with Crippen LogP contribution in [-0.4, -0.2) is 10.2 Å². The van der Waals surface area contributed by atoms with Gasteiger partial charge in [0.2, 0.25) is 0 Å². The molecular formula is C14H12O2S2. The van der Waals surface area contributed by atoms with Crippen LogP contribution in [-0.2, 0) is 0 Å². The summed E-state index contributed by atoms with van der Waals surface area (Å²) >= 11 is 2.88. The lowest BCUT2D eigenvalue weighted by Crippen LogP contribution is -1.70. The second-order valence-corrected chi connectivity index (χ2v) is 5.34. The third kappa shape index (κ3) is 3.48. The molecule has 0 fully saturated rings. The monoisotopic (exact) mass is 276 g/mol. The summed E-state index contributed by atoms with van der Waals surface area (Å²) < 4.78 is 0. The van der Waals surface area contributed by atoms with E-state index in [1.165, 1.54) is 23.5 Å². The van der Waals surface area contributed by atoms with Gasteiger partial charge in [0.05, 0.1) is 9.79 Å². The van der Waals surface area contributed by atoms with Crippen molar-refractivity contribution in [1.29, 1.82) is 0 Å². The fraction of sp³-hybridized carbons (Fsp3) is 0. The molecule has 4 heteroatoms. The Kier molecular flexibility index (Phi) is 4.61. The van der Waals surface area contributed by atoms with Crippen molar-refractivity contribution < 1.29 is 10.2 Å². The highest BCUT2D eigenvalue weighted by Gasteiger charge is 1.98. The highest BCUT2D eigenvalue weighted by Crippen LogP contribution is 2.32. The van der Waals surface area contributed by atoms with Gasteiger partial charge in [-0.05, 0) is 35.1 Å². The molecule has 2 aromatic carbocycles. The van der Waals surface area contributed by atoms with Crippen molar-refractivity contribution in [3.05, 3.63) is 59.3 Å². The van der Waals surface area contributed by atoms with Crippen LogP contribution in [0.3, 0.4) is 0 Å². The molecule has 0 aliphatic carbocycles. The molecule has 2 N–H and O–H groups in total. The third-order valence-corrected chi connectivity index (χ3v) is 4.09. The first-order valence-corrected chi connectivity index (χ1v) is 7.07. The SMILES string of the molecule is Oc1ccccc1SC=CSc1ccccc1O. The standard InChI is InChI=1S/C14H12O2S2/c15-11-5-1-3-7-13(11)17-9-10-18-14-8-4-2-6-12(14)16/h1-10,15-16H. The van der Waals surface area contributed by atoms with Gasteiger partial charge in [-0.3, -0.25) is 0 Å². The quantitative estimate of drug-likeness (QED) is 0.809. The topological polar surface area (TPSA) is 40.5 Å². The predicted molar refractivity (Wildman–Crippen MR) is 77.1 cm³/mol. The first-order valence-electron chi connectivity index (χ1n) is 5.31. The molecular weight excluding hydrogens is 264 g/mol. The summed E-state index contributed by atoms with van der Waals surface area (Å²) in [6.07, 6.45) is 0. The summed E-state index contributed by atoms with van der Waals surface area (Å²) in [7, 11) is 0. The molecule has 0 unspecified atom stereocenters. The summed E-state index contributed by atoms with van der Waals surface area (Å²) in [6.45, 7) is 0. The first kappa shape index (κ1) is 12.9. The van der Waals surface area contributed by atoms with Crippen LogP contribution < -0.4 is 0 Å². The normalized spacial score (nSPS) is 10.9. The van der Waals surface area contributed by atoms with Gasteiger partial charge in [-0.25, -0.2) is 0 Å². The van der Waals surface area contributed by atoms with Gasteiger partial charge in [-0.2, -0.15) is 0 Å². The maximum absolute atomic E-state index is 9.57. The molecule has 18 heavy (non-hydrogen) atoms. The van der Waals surface area contributed by atoms with E-state index in [0.717, 1.165) is 9.79 Å². The van der Waals surface area contributed by atoms with Gasteiger partial charge in [-0.15, -0.1) is 0 Å². The lowest BCUT2D eigenvalue weighted by Gasteiger charge is -2.00. The number of aromatic hydroxyl groups is 2. The summed E-state index contributed by atoms with van der Waals surface area (Å²) in [5.41, 5.74) is 0. The lowest BCUT2D eigenvalue weighted by atomic mass is 10.3. The van der Waals surface area contributed by atoms with Crippen LogP contribution in [0.1, 0.15) is 0 Å². The first-order chi connectivity index (χ1) is 8.77. The number of para-hydroxylation sites is 2. The molecule has 0 radical (unpaired) electrons. The zero-order chi connectivity index (χ0) is 12.8. The van der Waals surface area contributed by atoms with Crippen LogP contribution in [0.4, 0.5) is 0 Å². The Hall–Kier alpha value is -1.52. The fourth-order valence-electron chi connectivity index (χ4n) is 1.32. The van der Waals surface area contributed by atoms with Crippen molar-refractivity contribution in [2.24, 2.45) is 0 Å². The Morgan fingerprint density at radius 1 is 0.667 bits per heavy atom. The van der Waals surface area contributed by atoms with E-state index in [4.69, 9.17) is 0 Å². The third-order valence-electron chi connectivity index (χ3n) is 2.18. The Bertz CT molecular complexity index is 503. The van der Waals surface area contributed by atoms with E-state index in [9.17, 15) is 10.2 Å². The molecule has 0 aromatic heterocycles. The molecule has 92 valence electrons. The van der Waals surface area contributed by atoms with Gasteiger partial charge < -0.3 is 10.2 Å². The number of hydrogen-bond donors (Lipinski definition) is 2. The fourth-order valence-corrected chi connectivity index (χ4v) is 2.75. The average Bonchev–Trinajstić information content (AvgIpc) is 2.38. The largest absolute Gasteiger partial charge is 0.507 e. The molecule has 0 aliphatic rings. The molecule has 2 rings (SSSR count). The van der Waals surface area contributed by atoms with E-state index in [1.807, 2.05) is 35.1 Å². The van der Waals surface area contributed by atoms with Gasteiger partial charge in [0.1, 0.15) is 11.5 Å². The lowest BCUT2D eigenvalue weighted by molar-refractivity contribution is 0.462. The van der Waals surface area contributed by atoms with E-state index in [2.05, 4.69) is 0 Å². The molecule has 0 aliphatic heterocycles. The van der Waals surface area contributed by atoms with Gasteiger partial charge >= 0.3 is 0 Å². The zero-order valence-corrected chi connectivity index (χ0v) is 11.1. The van der Waals surface area contributed by atoms with Gasteiger partial charge in [-0.1, -0.05) is 47.8 Å². The van der Waals surface area contributed by atoms with Crippen LogP contribution >= 0.6 is 23.5 Å². The van der Waals surface area contributed by atoms with Crippen LogP contribution in [0.25, 0.3) is 0 Å². The number of phenols is 2. The van der Waals surface area contributed by atoms with Crippen molar-refractivity contribution in [3.8, 4) is 11.5 Å². The molecule has 0 amide bonds. The van der Waals surface area contributed by atoms with Gasteiger partial charge in [0.15, 0.2) is 0 Å². The maximum Gasteiger partial charge on any atom is 0.129 e. The molecule has 2 nitrogen and oxygen atoms in total. The van der Waals surface area contributed by atoms with E-state index in [1.54, 1.807) is 24.3 Å². The molecule has 0 atom stereocenters. The highest BCUT2D eigenvalue weighted by molar-refractivity contribution is 8.05. The Labute approximate surface area is 114 Å². The van der Waals surface area contributed by atoms with Gasteiger partial charge in [0.25, 0.3) is 0 Å². The van der Waals surface area contributed by atoms with Crippen molar-refractivity contribution >= 4 is 23.5 Å². The summed E-state index contributed by atoms with van der Waals surface area (Å²) in [4.78, 5) is 1.62. The average molecular weight is 276 g/mol. The highest BCUT2D eigenvalue weighted by atomic mass is 32.2. The summed E-state index contributed by atoms with van der Waals surface area (Å²) in [6, 6.07) is 14.4. The Morgan fingerprint density at radius 2 is 1.06 bits per heavy atom. The Morgan fingerprint density at radius 3 is 1.44 bits per heavy atom. The predicted octanol–water partition coefficient (Wildman–Crippen LogP) is 4.45. The van der Waals surface area contributed by atoms with E-state index in [-0.39, 0.29) is 11.5 Å². The van der Waals surface area contributed by atoms with Crippen LogP contribution in [0.15, 0.2) is 69.1 Å². The van der Waals surface area contributed by atoms with Crippen LogP contribution in [0.2, 0.25) is 0 Å². The maximum atomic E-state index is 9.57. The summed E-state index contributed by atoms with van der Waals surface area (Å²) in [5, 5.41) is 22.9. The molecule has 0 bridgehead atoms. The summed E-state index contributed by atoms with van der Waals surface area (Å²) in [5.74, 6) is 0.555. The second-order valence-electron chi connectivity index (χ2n) is 3.44. The minimum Gasteiger partial charge on any atom is -0.507 e. The number of benzene rings is 2.